The Kier molecular flexibility index (Phi) is 4.83. The van der Waals surface area contributed by atoms with E-state index in [0.717, 1.165) is 35.2 Å². The molecular formula is C13H18BrNO3. The van der Waals surface area contributed by atoms with E-state index in [0.29, 0.717) is 12.7 Å². The van der Waals surface area contributed by atoms with Crippen molar-refractivity contribution in [3.05, 3.63) is 21.9 Å². The Hall–Kier alpha value is -0.810. The van der Waals surface area contributed by atoms with Crippen molar-refractivity contribution in [2.75, 3.05) is 21.0 Å². The highest BCUT2D eigenvalue weighted by Gasteiger charge is 2.30. The Morgan fingerprint density at radius 3 is 3.00 bits per heavy atom. The van der Waals surface area contributed by atoms with Crippen molar-refractivity contribution in [3.63, 3.8) is 0 Å². The average Bonchev–Trinajstić information content (AvgIpc) is 2.36. The van der Waals surface area contributed by atoms with Crippen molar-refractivity contribution in [1.82, 2.24) is 0 Å². The molecule has 0 aliphatic heterocycles. The molecule has 0 aromatic rings. The second-order valence-corrected chi connectivity index (χ2v) is 5.29. The van der Waals surface area contributed by atoms with Crippen molar-refractivity contribution in [1.29, 1.82) is 0 Å². The Bertz CT molecular complexity index is 401. The Labute approximate surface area is 116 Å². The number of oxime groups is 1. The van der Waals surface area contributed by atoms with E-state index < -0.39 is 0 Å². The maximum Gasteiger partial charge on any atom is 0.188 e. The summed E-state index contributed by atoms with van der Waals surface area (Å²) in [7, 11) is 3.22. The zero-order chi connectivity index (χ0) is 13.0. The van der Waals surface area contributed by atoms with Gasteiger partial charge in [0.2, 0.25) is 0 Å². The van der Waals surface area contributed by atoms with Crippen LogP contribution in [-0.2, 0) is 14.3 Å². The molecule has 1 unspecified atom stereocenters. The van der Waals surface area contributed by atoms with Crippen LogP contribution in [0.1, 0.15) is 25.7 Å². The minimum Gasteiger partial charge on any atom is -0.472 e. The summed E-state index contributed by atoms with van der Waals surface area (Å²) in [4.78, 5) is 4.93. The molecule has 18 heavy (non-hydrogen) atoms. The van der Waals surface area contributed by atoms with Gasteiger partial charge in [-0.15, -0.1) is 0 Å². The Morgan fingerprint density at radius 2 is 2.28 bits per heavy atom. The van der Waals surface area contributed by atoms with Crippen LogP contribution in [0.3, 0.4) is 0 Å². The molecule has 2 rings (SSSR count). The molecule has 0 heterocycles. The smallest absolute Gasteiger partial charge is 0.188 e. The van der Waals surface area contributed by atoms with E-state index in [1.165, 1.54) is 12.0 Å². The third-order valence-electron chi connectivity index (χ3n) is 3.24. The standard InChI is InChI=1S/C13H18BrNO3/c1-16-8-18-10-6-9-4-3-5-12(15-17-2)13(9)11(14)7-10/h7,9H,3-6,8H2,1-2H3/b15-12+. The number of nitrogens with zero attached hydrogens (tertiary/aromatic N) is 1. The molecule has 0 saturated heterocycles. The van der Waals surface area contributed by atoms with Gasteiger partial charge in [-0.05, 0) is 36.8 Å². The number of allylic oxidation sites excluding steroid dienone is 4. The summed E-state index contributed by atoms with van der Waals surface area (Å²) >= 11 is 3.62. The van der Waals surface area contributed by atoms with Gasteiger partial charge in [-0.3, -0.25) is 0 Å². The van der Waals surface area contributed by atoms with Gasteiger partial charge < -0.3 is 14.3 Å². The lowest BCUT2D eigenvalue weighted by Crippen LogP contribution is -2.24. The summed E-state index contributed by atoms with van der Waals surface area (Å²) in [5, 5.41) is 4.14. The fraction of sp³-hybridized carbons (Fsp3) is 0.615. The van der Waals surface area contributed by atoms with E-state index in [1.54, 1.807) is 14.2 Å². The molecule has 4 nitrogen and oxygen atoms in total. The van der Waals surface area contributed by atoms with Crippen molar-refractivity contribution in [2.45, 2.75) is 25.7 Å². The van der Waals surface area contributed by atoms with E-state index >= 15 is 0 Å². The zero-order valence-corrected chi connectivity index (χ0v) is 12.3. The molecule has 2 aliphatic rings. The average molecular weight is 316 g/mol. The lowest BCUT2D eigenvalue weighted by molar-refractivity contribution is 0.000271. The summed E-state index contributed by atoms with van der Waals surface area (Å²) in [6.45, 7) is 0.299. The molecule has 0 spiro atoms. The van der Waals surface area contributed by atoms with Gasteiger partial charge in [0, 0.05) is 18.0 Å². The molecule has 0 radical (unpaired) electrons. The normalized spacial score (nSPS) is 25.8. The quantitative estimate of drug-likeness (QED) is 0.590. The van der Waals surface area contributed by atoms with Crippen LogP contribution >= 0.6 is 15.9 Å². The third-order valence-corrected chi connectivity index (χ3v) is 3.90. The van der Waals surface area contributed by atoms with E-state index in [-0.39, 0.29) is 0 Å². The summed E-state index contributed by atoms with van der Waals surface area (Å²) in [6, 6.07) is 0. The lowest BCUT2D eigenvalue weighted by atomic mass is 9.78. The maximum absolute atomic E-state index is 5.55. The highest BCUT2D eigenvalue weighted by molar-refractivity contribution is 9.12. The van der Waals surface area contributed by atoms with Crippen molar-refractivity contribution in [2.24, 2.45) is 11.1 Å². The number of rotatable bonds is 4. The molecule has 1 atom stereocenters. The molecule has 0 amide bonds. The summed E-state index contributed by atoms with van der Waals surface area (Å²) in [6.07, 6.45) is 6.23. The Morgan fingerprint density at radius 1 is 1.44 bits per heavy atom. The Balaban J connectivity index is 2.22. The lowest BCUT2D eigenvalue weighted by Gasteiger charge is -2.31. The van der Waals surface area contributed by atoms with Gasteiger partial charge >= 0.3 is 0 Å². The fourth-order valence-electron chi connectivity index (χ4n) is 2.53. The molecule has 2 aliphatic carbocycles. The van der Waals surface area contributed by atoms with Gasteiger partial charge in [0.15, 0.2) is 6.79 Å². The molecule has 5 heteroatoms. The first kappa shape index (κ1) is 13.6. The molecule has 0 aromatic carbocycles. The first-order chi connectivity index (χ1) is 8.76. The third kappa shape index (κ3) is 2.95. The number of hydrogen-bond donors (Lipinski definition) is 0. The van der Waals surface area contributed by atoms with Crippen molar-refractivity contribution in [3.8, 4) is 0 Å². The van der Waals surface area contributed by atoms with Crippen LogP contribution < -0.4 is 0 Å². The highest BCUT2D eigenvalue weighted by Crippen LogP contribution is 2.40. The predicted octanol–water partition coefficient (Wildman–Crippen LogP) is 3.35. The zero-order valence-electron chi connectivity index (χ0n) is 10.7. The second-order valence-electron chi connectivity index (χ2n) is 4.44. The van der Waals surface area contributed by atoms with E-state index in [2.05, 4.69) is 21.1 Å². The van der Waals surface area contributed by atoms with Gasteiger partial charge in [-0.2, -0.15) is 0 Å². The van der Waals surface area contributed by atoms with Crippen LogP contribution in [0.4, 0.5) is 0 Å². The molecule has 0 aromatic heterocycles. The van der Waals surface area contributed by atoms with Gasteiger partial charge in [0.1, 0.15) is 12.9 Å². The molecule has 1 saturated carbocycles. The fourth-order valence-corrected chi connectivity index (χ4v) is 3.34. The maximum atomic E-state index is 5.55. The summed E-state index contributed by atoms with van der Waals surface area (Å²) in [5.74, 6) is 1.44. The topological polar surface area (TPSA) is 40.0 Å². The first-order valence-electron chi connectivity index (χ1n) is 6.08. The largest absolute Gasteiger partial charge is 0.472 e. The first-order valence-corrected chi connectivity index (χ1v) is 6.88. The number of halogens is 1. The van der Waals surface area contributed by atoms with Crippen molar-refractivity contribution < 1.29 is 14.3 Å². The van der Waals surface area contributed by atoms with Gasteiger partial charge in [-0.25, -0.2) is 0 Å². The van der Waals surface area contributed by atoms with Crippen LogP contribution in [0.5, 0.6) is 0 Å². The second kappa shape index (κ2) is 6.38. The SMILES string of the molecule is COCOC1=CC(Br)=C2/C(=N/OC)CCCC2C1. The van der Waals surface area contributed by atoms with Crippen LogP contribution in [-0.4, -0.2) is 26.7 Å². The van der Waals surface area contributed by atoms with Crippen LogP contribution in [0.25, 0.3) is 0 Å². The van der Waals surface area contributed by atoms with Gasteiger partial charge in [-0.1, -0.05) is 21.1 Å². The predicted molar refractivity (Wildman–Crippen MR) is 73.4 cm³/mol. The van der Waals surface area contributed by atoms with Crippen LogP contribution in [0, 0.1) is 5.92 Å². The van der Waals surface area contributed by atoms with Gasteiger partial charge in [0.25, 0.3) is 0 Å². The minimum absolute atomic E-state index is 0.299. The van der Waals surface area contributed by atoms with Crippen molar-refractivity contribution >= 4 is 21.6 Å². The number of hydrogen-bond acceptors (Lipinski definition) is 4. The van der Waals surface area contributed by atoms with Crippen LogP contribution in [0.2, 0.25) is 0 Å². The summed E-state index contributed by atoms with van der Waals surface area (Å²) < 4.78 is 11.5. The van der Waals surface area contributed by atoms with E-state index in [9.17, 15) is 0 Å². The summed E-state index contributed by atoms with van der Waals surface area (Å²) in [5.41, 5.74) is 2.33. The van der Waals surface area contributed by atoms with Gasteiger partial charge in [0.05, 0.1) is 5.71 Å². The molecule has 100 valence electrons. The molecule has 0 N–H and O–H groups in total. The highest BCUT2D eigenvalue weighted by atomic mass is 79.9. The molecule has 1 fully saturated rings. The van der Waals surface area contributed by atoms with E-state index in [1.807, 2.05) is 6.08 Å². The monoisotopic (exact) mass is 315 g/mol. The number of fused-ring (bicyclic) bond motifs is 1. The van der Waals surface area contributed by atoms with Crippen LogP contribution in [0.15, 0.2) is 27.0 Å². The number of ether oxygens (including phenoxy) is 2. The molecule has 0 bridgehead atoms. The number of methoxy groups -OCH3 is 1. The molecular weight excluding hydrogens is 298 g/mol. The van der Waals surface area contributed by atoms with E-state index in [4.69, 9.17) is 14.3 Å². The minimum atomic E-state index is 0.299.